The van der Waals surface area contributed by atoms with E-state index in [1.54, 1.807) is 0 Å². The van der Waals surface area contributed by atoms with Crippen molar-refractivity contribution in [1.82, 2.24) is 0 Å². The molecule has 2 atom stereocenters. The largest absolute Gasteiger partial charge is 0.479 e. The summed E-state index contributed by atoms with van der Waals surface area (Å²) in [5, 5.41) is 8.43. The van der Waals surface area contributed by atoms with Crippen molar-refractivity contribution in [3.8, 4) is 0 Å². The highest BCUT2D eigenvalue weighted by Crippen LogP contribution is 2.22. The highest BCUT2D eigenvalue weighted by atomic mass is 16.6. The third-order valence-corrected chi connectivity index (χ3v) is 1.60. The van der Waals surface area contributed by atoms with Gasteiger partial charge in [-0.1, -0.05) is 0 Å². The van der Waals surface area contributed by atoms with Gasteiger partial charge < -0.3 is 15.6 Å². The second-order valence-corrected chi connectivity index (χ2v) is 2.85. The quantitative estimate of drug-likeness (QED) is 0.484. The molecule has 1 rings (SSSR count). The van der Waals surface area contributed by atoms with Crippen LogP contribution in [0.15, 0.2) is 0 Å². The number of carboxylic acids is 1. The molecule has 1 saturated heterocycles. The van der Waals surface area contributed by atoms with Gasteiger partial charge in [0, 0.05) is 6.42 Å². The number of nitrogens with two attached hydrogens (primary N) is 1. The Kier molecular flexibility index (Phi) is 1.60. The van der Waals surface area contributed by atoms with E-state index in [2.05, 4.69) is 4.74 Å². The lowest BCUT2D eigenvalue weighted by molar-refractivity contribution is -0.157. The summed E-state index contributed by atoms with van der Waals surface area (Å²) in [7, 11) is 0. The molecule has 0 radical (unpaired) electrons. The number of carbonyl (C=O) groups excluding carboxylic acids is 1. The second-order valence-electron chi connectivity index (χ2n) is 2.85. The predicted octanol–water partition coefficient (Wildman–Crippen LogP) is -0.896. The Morgan fingerprint density at radius 1 is 1.91 bits per heavy atom. The van der Waals surface area contributed by atoms with E-state index in [0.717, 1.165) is 0 Å². The molecule has 1 aliphatic heterocycles. The zero-order valence-corrected chi connectivity index (χ0v) is 6.03. The maximum atomic E-state index is 10.8. The Bertz CT molecular complexity index is 211. The summed E-state index contributed by atoms with van der Waals surface area (Å²) in [6.45, 7) is 1.46. The maximum absolute atomic E-state index is 10.8. The number of cyclic esters (lactones) is 1. The molecule has 5 nitrogen and oxygen atoms in total. The van der Waals surface area contributed by atoms with Crippen molar-refractivity contribution in [3.05, 3.63) is 0 Å². The number of hydrogen-bond acceptors (Lipinski definition) is 4. The summed E-state index contributed by atoms with van der Waals surface area (Å²) in [6, 6.07) is 0. The summed E-state index contributed by atoms with van der Waals surface area (Å²) < 4.78 is 4.47. The molecule has 0 saturated carbocycles. The van der Waals surface area contributed by atoms with Crippen LogP contribution < -0.4 is 5.73 Å². The van der Waals surface area contributed by atoms with Gasteiger partial charge in [-0.2, -0.15) is 0 Å². The molecule has 0 aromatic rings. The first-order valence-corrected chi connectivity index (χ1v) is 3.16. The zero-order valence-electron chi connectivity index (χ0n) is 6.03. The number of aliphatic carboxylic acids is 1. The normalized spacial score (nSPS) is 36.9. The molecular formula is C6H9NO4. The highest BCUT2D eigenvalue weighted by Gasteiger charge is 2.45. The van der Waals surface area contributed by atoms with Crippen LogP contribution in [0.5, 0.6) is 0 Å². The monoisotopic (exact) mass is 159 g/mol. The smallest absolute Gasteiger partial charge is 0.345 e. The lowest BCUT2D eigenvalue weighted by Gasteiger charge is -2.08. The molecule has 5 heteroatoms. The summed E-state index contributed by atoms with van der Waals surface area (Å²) in [5.41, 5.74) is 4.28. The van der Waals surface area contributed by atoms with Gasteiger partial charge in [-0.05, 0) is 6.92 Å². The van der Waals surface area contributed by atoms with Gasteiger partial charge in [0.15, 0.2) is 0 Å². The third kappa shape index (κ3) is 1.32. The summed E-state index contributed by atoms with van der Waals surface area (Å²) in [6.07, 6.45) is -1.03. The molecule has 0 aromatic carbocycles. The topological polar surface area (TPSA) is 89.6 Å². The van der Waals surface area contributed by atoms with Gasteiger partial charge in [-0.15, -0.1) is 0 Å². The van der Waals surface area contributed by atoms with Crippen LogP contribution in [0.1, 0.15) is 13.3 Å². The predicted molar refractivity (Wildman–Crippen MR) is 34.7 cm³/mol. The van der Waals surface area contributed by atoms with Gasteiger partial charge >= 0.3 is 11.9 Å². The fraction of sp³-hybridized carbons (Fsp3) is 0.667. The molecule has 1 heterocycles. The number of carbonyl (C=O) groups is 2. The molecule has 1 aliphatic rings. The van der Waals surface area contributed by atoms with Crippen molar-refractivity contribution >= 4 is 11.9 Å². The van der Waals surface area contributed by atoms with Gasteiger partial charge in [0.05, 0.1) is 0 Å². The molecular weight excluding hydrogens is 150 g/mol. The van der Waals surface area contributed by atoms with Gasteiger partial charge in [0.1, 0.15) is 5.54 Å². The number of esters is 1. The van der Waals surface area contributed by atoms with E-state index < -0.39 is 23.6 Å². The van der Waals surface area contributed by atoms with Gasteiger partial charge in [0.25, 0.3) is 0 Å². The average molecular weight is 159 g/mol. The van der Waals surface area contributed by atoms with Crippen molar-refractivity contribution in [3.63, 3.8) is 0 Å². The molecule has 62 valence electrons. The zero-order chi connectivity index (χ0) is 8.65. The Morgan fingerprint density at radius 2 is 2.45 bits per heavy atom. The SMILES string of the molecule is CC1(N)CC(C(=O)O)OC1=O. The first kappa shape index (κ1) is 8.00. The fourth-order valence-electron chi connectivity index (χ4n) is 0.912. The van der Waals surface area contributed by atoms with Crippen molar-refractivity contribution in [2.24, 2.45) is 5.73 Å². The number of rotatable bonds is 1. The molecule has 0 bridgehead atoms. The maximum Gasteiger partial charge on any atom is 0.345 e. The van der Waals surface area contributed by atoms with Crippen LogP contribution in [0.3, 0.4) is 0 Å². The van der Waals surface area contributed by atoms with Crippen molar-refractivity contribution < 1.29 is 19.4 Å². The van der Waals surface area contributed by atoms with E-state index in [9.17, 15) is 9.59 Å². The van der Waals surface area contributed by atoms with Crippen LogP contribution in [0, 0.1) is 0 Å². The summed E-state index contributed by atoms with van der Waals surface area (Å²) in [5.74, 6) is -1.79. The molecule has 1 fully saturated rings. The molecule has 11 heavy (non-hydrogen) atoms. The Balaban J connectivity index is 2.72. The summed E-state index contributed by atoms with van der Waals surface area (Å²) >= 11 is 0. The van der Waals surface area contributed by atoms with E-state index in [1.807, 2.05) is 0 Å². The first-order valence-electron chi connectivity index (χ1n) is 3.16. The molecule has 0 spiro atoms. The molecule has 3 N–H and O–H groups in total. The van der Waals surface area contributed by atoms with Gasteiger partial charge in [0.2, 0.25) is 6.10 Å². The van der Waals surface area contributed by atoms with Crippen molar-refractivity contribution in [2.45, 2.75) is 25.0 Å². The minimum Gasteiger partial charge on any atom is -0.479 e. The van der Waals surface area contributed by atoms with Crippen LogP contribution in [0.25, 0.3) is 0 Å². The van der Waals surface area contributed by atoms with E-state index in [1.165, 1.54) is 6.92 Å². The van der Waals surface area contributed by atoms with Crippen LogP contribution in [-0.4, -0.2) is 28.7 Å². The first-order chi connectivity index (χ1) is 4.93. The Hall–Kier alpha value is -1.10. The standard InChI is InChI=1S/C6H9NO4/c1-6(7)2-3(4(8)9)11-5(6)10/h3H,2,7H2,1H3,(H,8,9). The Labute approximate surface area is 63.1 Å². The number of carboxylic acid groups (broad SMARTS) is 1. The van der Waals surface area contributed by atoms with E-state index in [0.29, 0.717) is 0 Å². The van der Waals surface area contributed by atoms with Gasteiger partial charge in [-0.25, -0.2) is 4.79 Å². The third-order valence-electron chi connectivity index (χ3n) is 1.60. The highest BCUT2D eigenvalue weighted by molar-refractivity contribution is 5.88. The number of ether oxygens (including phenoxy) is 1. The minimum atomic E-state index is -1.15. The van der Waals surface area contributed by atoms with Gasteiger partial charge in [-0.3, -0.25) is 4.79 Å². The van der Waals surface area contributed by atoms with Crippen LogP contribution in [0.4, 0.5) is 0 Å². The lowest BCUT2D eigenvalue weighted by Crippen LogP contribution is -2.40. The molecule has 2 unspecified atom stereocenters. The van der Waals surface area contributed by atoms with E-state index in [4.69, 9.17) is 10.8 Å². The lowest BCUT2D eigenvalue weighted by atomic mass is 10.00. The fourth-order valence-corrected chi connectivity index (χ4v) is 0.912. The molecule has 0 aromatic heterocycles. The van der Waals surface area contributed by atoms with Crippen molar-refractivity contribution in [1.29, 1.82) is 0 Å². The molecule has 0 amide bonds. The van der Waals surface area contributed by atoms with Crippen LogP contribution in [-0.2, 0) is 14.3 Å². The average Bonchev–Trinajstić information content (AvgIpc) is 2.08. The van der Waals surface area contributed by atoms with Crippen LogP contribution >= 0.6 is 0 Å². The minimum absolute atomic E-state index is 0.0428. The van der Waals surface area contributed by atoms with E-state index >= 15 is 0 Å². The van der Waals surface area contributed by atoms with Crippen molar-refractivity contribution in [2.75, 3.05) is 0 Å². The molecule has 0 aliphatic carbocycles. The summed E-state index contributed by atoms with van der Waals surface area (Å²) in [4.78, 5) is 21.1. The van der Waals surface area contributed by atoms with Crippen LogP contribution in [0.2, 0.25) is 0 Å². The number of hydrogen-bond donors (Lipinski definition) is 2. The Morgan fingerprint density at radius 3 is 2.64 bits per heavy atom. The second kappa shape index (κ2) is 2.20. The van der Waals surface area contributed by atoms with E-state index in [-0.39, 0.29) is 6.42 Å².